The van der Waals surface area contributed by atoms with Crippen molar-refractivity contribution in [2.45, 2.75) is 0 Å². The van der Waals surface area contributed by atoms with Gasteiger partial charge in [-0.2, -0.15) is 0 Å². The highest BCUT2D eigenvalue weighted by molar-refractivity contribution is 14.1. The Morgan fingerprint density at radius 3 is 2.28 bits per heavy atom. The van der Waals surface area contributed by atoms with Gasteiger partial charge >= 0.3 is 0 Å². The molecule has 0 fully saturated rings. The Kier molecular flexibility index (Phi) is 4.48. The smallest absolute Gasteiger partial charge is 0.256 e. The topological polar surface area (TPSA) is 29.1 Å². The summed E-state index contributed by atoms with van der Waals surface area (Å²) in [7, 11) is 0. The van der Waals surface area contributed by atoms with Crippen LogP contribution < -0.4 is 5.32 Å². The first-order valence-corrected chi connectivity index (χ1v) is 6.92. The molecule has 18 heavy (non-hydrogen) atoms. The molecule has 0 saturated carbocycles. The van der Waals surface area contributed by atoms with Crippen LogP contribution in [0.2, 0.25) is 10.0 Å². The van der Waals surface area contributed by atoms with E-state index in [1.807, 2.05) is 18.2 Å². The zero-order valence-corrected chi connectivity index (χ0v) is 12.8. The van der Waals surface area contributed by atoms with E-state index in [1.165, 1.54) is 0 Å². The number of anilines is 1. The molecule has 0 unspecified atom stereocenters. The van der Waals surface area contributed by atoms with Crippen molar-refractivity contribution in [3.8, 4) is 0 Å². The van der Waals surface area contributed by atoms with Gasteiger partial charge in [-0.25, -0.2) is 0 Å². The lowest BCUT2D eigenvalue weighted by Gasteiger charge is -2.07. The number of hydrogen-bond acceptors (Lipinski definition) is 1. The van der Waals surface area contributed by atoms with Crippen LogP contribution in [0, 0.1) is 3.57 Å². The van der Waals surface area contributed by atoms with Crippen molar-refractivity contribution < 1.29 is 4.79 Å². The Labute approximate surface area is 128 Å². The highest BCUT2D eigenvalue weighted by Gasteiger charge is 2.09. The molecule has 2 aromatic carbocycles. The standard InChI is InChI=1S/C13H8Cl2INO/c14-8-5-9(15)7-10(6-8)17-13(18)11-3-1-2-4-12(11)16/h1-7H,(H,17,18). The van der Waals surface area contributed by atoms with E-state index in [9.17, 15) is 4.79 Å². The molecule has 0 spiro atoms. The monoisotopic (exact) mass is 391 g/mol. The summed E-state index contributed by atoms with van der Waals surface area (Å²) in [5.41, 5.74) is 1.20. The van der Waals surface area contributed by atoms with Gasteiger partial charge in [0, 0.05) is 19.3 Å². The molecule has 2 nitrogen and oxygen atoms in total. The fraction of sp³-hybridized carbons (Fsp3) is 0. The van der Waals surface area contributed by atoms with Gasteiger partial charge in [0.2, 0.25) is 0 Å². The molecule has 5 heteroatoms. The van der Waals surface area contributed by atoms with Crippen LogP contribution in [0.4, 0.5) is 5.69 Å². The Morgan fingerprint density at radius 2 is 1.67 bits per heavy atom. The van der Waals surface area contributed by atoms with Gasteiger partial charge in [0.15, 0.2) is 0 Å². The van der Waals surface area contributed by atoms with E-state index in [2.05, 4.69) is 27.9 Å². The summed E-state index contributed by atoms with van der Waals surface area (Å²) in [6, 6.07) is 12.3. The molecule has 0 aliphatic carbocycles. The summed E-state index contributed by atoms with van der Waals surface area (Å²) in [5, 5.41) is 3.74. The van der Waals surface area contributed by atoms with Gasteiger partial charge in [-0.15, -0.1) is 0 Å². The summed E-state index contributed by atoms with van der Waals surface area (Å²) >= 11 is 13.9. The first kappa shape index (κ1) is 13.6. The fourth-order valence-electron chi connectivity index (χ4n) is 1.47. The van der Waals surface area contributed by atoms with E-state index < -0.39 is 0 Å². The van der Waals surface area contributed by atoms with Crippen molar-refractivity contribution in [2.75, 3.05) is 5.32 Å². The molecular formula is C13H8Cl2INO. The van der Waals surface area contributed by atoms with Crippen molar-refractivity contribution >= 4 is 57.4 Å². The lowest BCUT2D eigenvalue weighted by Crippen LogP contribution is -2.13. The molecule has 0 radical (unpaired) electrons. The van der Waals surface area contributed by atoms with Gasteiger partial charge in [-0.05, 0) is 52.9 Å². The number of hydrogen-bond donors (Lipinski definition) is 1. The number of halogens is 3. The average molecular weight is 392 g/mol. The van der Waals surface area contributed by atoms with Gasteiger partial charge in [-0.1, -0.05) is 35.3 Å². The van der Waals surface area contributed by atoms with Crippen LogP contribution in [-0.4, -0.2) is 5.91 Å². The Hall–Kier alpha value is -0.780. The maximum absolute atomic E-state index is 12.1. The lowest BCUT2D eigenvalue weighted by atomic mass is 10.2. The van der Waals surface area contributed by atoms with Crippen LogP contribution in [0.15, 0.2) is 42.5 Å². The van der Waals surface area contributed by atoms with Gasteiger partial charge < -0.3 is 5.32 Å². The van der Waals surface area contributed by atoms with E-state index in [1.54, 1.807) is 24.3 Å². The van der Waals surface area contributed by atoms with E-state index in [-0.39, 0.29) is 5.91 Å². The van der Waals surface area contributed by atoms with Gasteiger partial charge in [0.25, 0.3) is 5.91 Å². The highest BCUT2D eigenvalue weighted by Crippen LogP contribution is 2.23. The number of benzene rings is 2. The summed E-state index contributed by atoms with van der Waals surface area (Å²) < 4.78 is 0.890. The van der Waals surface area contributed by atoms with E-state index in [0.717, 1.165) is 3.57 Å². The molecule has 0 heterocycles. The van der Waals surface area contributed by atoms with Crippen molar-refractivity contribution in [3.63, 3.8) is 0 Å². The van der Waals surface area contributed by atoms with Crippen LogP contribution in [0.3, 0.4) is 0 Å². The van der Waals surface area contributed by atoms with E-state index >= 15 is 0 Å². The minimum absolute atomic E-state index is 0.182. The molecule has 0 bridgehead atoms. The van der Waals surface area contributed by atoms with Crippen LogP contribution in [0.5, 0.6) is 0 Å². The minimum Gasteiger partial charge on any atom is -0.322 e. The van der Waals surface area contributed by atoms with Crippen molar-refractivity contribution in [2.24, 2.45) is 0 Å². The zero-order valence-electron chi connectivity index (χ0n) is 9.08. The third-order valence-corrected chi connectivity index (χ3v) is 3.62. The van der Waals surface area contributed by atoms with E-state index in [4.69, 9.17) is 23.2 Å². The predicted molar refractivity (Wildman–Crippen MR) is 83.6 cm³/mol. The summed E-state index contributed by atoms with van der Waals surface area (Å²) in [6.45, 7) is 0. The Morgan fingerprint density at radius 1 is 1.06 bits per heavy atom. The summed E-state index contributed by atoms with van der Waals surface area (Å²) in [4.78, 5) is 12.1. The fourth-order valence-corrected chi connectivity index (χ4v) is 2.63. The number of rotatable bonds is 2. The third-order valence-electron chi connectivity index (χ3n) is 2.24. The van der Waals surface area contributed by atoms with Gasteiger partial charge in [0.05, 0.1) is 5.56 Å². The molecule has 0 aromatic heterocycles. The second kappa shape index (κ2) is 5.91. The molecule has 2 rings (SSSR count). The van der Waals surface area contributed by atoms with Crippen molar-refractivity contribution in [1.29, 1.82) is 0 Å². The van der Waals surface area contributed by atoms with E-state index in [0.29, 0.717) is 21.3 Å². The minimum atomic E-state index is -0.182. The first-order chi connectivity index (χ1) is 8.56. The largest absolute Gasteiger partial charge is 0.322 e. The first-order valence-electron chi connectivity index (χ1n) is 5.08. The number of carbonyl (C=O) groups excluding carboxylic acids is 1. The highest BCUT2D eigenvalue weighted by atomic mass is 127. The molecule has 1 amide bonds. The molecule has 0 aliphatic heterocycles. The Balaban J connectivity index is 2.24. The van der Waals surface area contributed by atoms with Gasteiger partial charge in [-0.3, -0.25) is 4.79 Å². The summed E-state index contributed by atoms with van der Waals surface area (Å²) in [6.07, 6.45) is 0. The zero-order chi connectivity index (χ0) is 13.1. The maximum atomic E-state index is 12.1. The van der Waals surface area contributed by atoms with Gasteiger partial charge in [0.1, 0.15) is 0 Å². The van der Waals surface area contributed by atoms with Crippen molar-refractivity contribution in [3.05, 3.63) is 61.6 Å². The lowest BCUT2D eigenvalue weighted by molar-refractivity contribution is 0.102. The van der Waals surface area contributed by atoms with Crippen molar-refractivity contribution in [1.82, 2.24) is 0 Å². The number of carbonyl (C=O) groups is 1. The molecule has 1 N–H and O–H groups in total. The second-order valence-electron chi connectivity index (χ2n) is 3.59. The number of amides is 1. The number of nitrogens with one attached hydrogen (secondary N) is 1. The Bertz CT molecular complexity index is 581. The molecule has 2 aromatic rings. The molecule has 0 aliphatic rings. The molecule has 92 valence electrons. The molecule has 0 atom stereocenters. The molecular weight excluding hydrogens is 384 g/mol. The second-order valence-corrected chi connectivity index (χ2v) is 5.63. The third kappa shape index (κ3) is 3.37. The quantitative estimate of drug-likeness (QED) is 0.728. The van der Waals surface area contributed by atoms with Crippen LogP contribution in [0.1, 0.15) is 10.4 Å². The van der Waals surface area contributed by atoms with Crippen LogP contribution in [-0.2, 0) is 0 Å². The normalized spacial score (nSPS) is 10.2. The maximum Gasteiger partial charge on any atom is 0.256 e. The summed E-state index contributed by atoms with van der Waals surface area (Å²) in [5.74, 6) is -0.182. The molecule has 0 saturated heterocycles. The average Bonchev–Trinajstić information content (AvgIpc) is 2.27. The SMILES string of the molecule is O=C(Nc1cc(Cl)cc(Cl)c1)c1ccccc1I. The van der Waals surface area contributed by atoms with Crippen LogP contribution in [0.25, 0.3) is 0 Å². The van der Waals surface area contributed by atoms with Crippen LogP contribution >= 0.6 is 45.8 Å². The predicted octanol–water partition coefficient (Wildman–Crippen LogP) is 4.85.